The molecule has 0 bridgehead atoms. The molecule has 0 aliphatic rings. The first-order chi connectivity index (χ1) is 5.66. The van der Waals surface area contributed by atoms with Gasteiger partial charge in [0.05, 0.1) is 6.10 Å². The van der Waals surface area contributed by atoms with E-state index < -0.39 is 5.97 Å². The molecule has 0 unspecified atom stereocenters. The minimum Gasteiger partial charge on any atom is -0.478 e. The largest absolute Gasteiger partial charge is 0.478 e. The minimum atomic E-state index is -0.931. The molecular formula is C9H16O3. The number of aliphatic carboxylic acids is 1. The zero-order chi connectivity index (χ0) is 9.40. The van der Waals surface area contributed by atoms with E-state index in [1.165, 1.54) is 0 Å². The summed E-state index contributed by atoms with van der Waals surface area (Å²) in [6.45, 7) is 2.01. The normalized spacial score (nSPS) is 13.5. The minimum absolute atomic E-state index is 0.284. The van der Waals surface area contributed by atoms with Crippen LogP contribution in [0.1, 0.15) is 32.6 Å². The number of allylic oxidation sites excluding steroid dienone is 1. The van der Waals surface area contributed by atoms with E-state index in [-0.39, 0.29) is 6.10 Å². The van der Waals surface area contributed by atoms with Crippen molar-refractivity contribution in [2.75, 3.05) is 0 Å². The molecule has 0 aromatic rings. The van der Waals surface area contributed by atoms with Gasteiger partial charge in [-0.25, -0.2) is 4.79 Å². The van der Waals surface area contributed by atoms with Gasteiger partial charge in [-0.1, -0.05) is 19.4 Å². The molecule has 2 N–H and O–H groups in total. The first-order valence-corrected chi connectivity index (χ1v) is 4.24. The highest BCUT2D eigenvalue weighted by molar-refractivity contribution is 5.79. The second-order valence-corrected chi connectivity index (χ2v) is 2.76. The highest BCUT2D eigenvalue weighted by Gasteiger charge is 1.99. The van der Waals surface area contributed by atoms with Crippen LogP contribution in [-0.2, 0) is 4.79 Å². The maximum Gasteiger partial charge on any atom is 0.327 e. The Morgan fingerprint density at radius 1 is 1.50 bits per heavy atom. The Kier molecular flexibility index (Phi) is 6.38. The van der Waals surface area contributed by atoms with Gasteiger partial charge in [0, 0.05) is 6.08 Å². The number of aliphatic hydroxyl groups is 1. The van der Waals surface area contributed by atoms with Crippen LogP contribution in [0.4, 0.5) is 0 Å². The van der Waals surface area contributed by atoms with E-state index in [1.807, 2.05) is 6.92 Å². The molecule has 0 aromatic heterocycles. The molecule has 0 saturated heterocycles. The van der Waals surface area contributed by atoms with E-state index in [0.29, 0.717) is 12.8 Å². The third kappa shape index (κ3) is 7.28. The molecule has 0 heterocycles. The van der Waals surface area contributed by atoms with E-state index in [9.17, 15) is 9.90 Å². The first-order valence-electron chi connectivity index (χ1n) is 4.24. The van der Waals surface area contributed by atoms with Crippen LogP contribution in [0.2, 0.25) is 0 Å². The number of carbonyl (C=O) groups is 1. The summed E-state index contributed by atoms with van der Waals surface area (Å²) in [7, 11) is 0. The second-order valence-electron chi connectivity index (χ2n) is 2.76. The fraction of sp³-hybridized carbons (Fsp3) is 0.667. The molecule has 1 atom stereocenters. The van der Waals surface area contributed by atoms with Crippen LogP contribution in [0.25, 0.3) is 0 Å². The monoisotopic (exact) mass is 172 g/mol. The van der Waals surface area contributed by atoms with E-state index in [4.69, 9.17) is 5.11 Å². The van der Waals surface area contributed by atoms with E-state index >= 15 is 0 Å². The zero-order valence-electron chi connectivity index (χ0n) is 7.36. The molecule has 3 heteroatoms. The lowest BCUT2D eigenvalue weighted by Gasteiger charge is -2.05. The predicted molar refractivity (Wildman–Crippen MR) is 46.9 cm³/mol. The highest BCUT2D eigenvalue weighted by Crippen LogP contribution is 2.04. The molecule has 0 aromatic carbocycles. The summed E-state index contributed by atoms with van der Waals surface area (Å²) in [5, 5.41) is 17.5. The molecule has 0 aliphatic heterocycles. The zero-order valence-corrected chi connectivity index (χ0v) is 7.36. The van der Waals surface area contributed by atoms with Crippen molar-refractivity contribution in [2.45, 2.75) is 38.7 Å². The molecule has 12 heavy (non-hydrogen) atoms. The standard InChI is InChI=1S/C9H16O3/c1-2-5-8(10)6-3-4-7-9(11)12/h4,7-8,10H,2-3,5-6H2,1H3,(H,11,12)/b7-4+/t8-/m0/s1. The smallest absolute Gasteiger partial charge is 0.327 e. The van der Waals surface area contributed by atoms with E-state index in [2.05, 4.69) is 0 Å². The molecule has 0 amide bonds. The van der Waals surface area contributed by atoms with E-state index in [0.717, 1.165) is 18.9 Å². The number of hydrogen-bond donors (Lipinski definition) is 2. The van der Waals surface area contributed by atoms with Gasteiger partial charge in [0.25, 0.3) is 0 Å². The molecule has 0 rings (SSSR count). The summed E-state index contributed by atoms with van der Waals surface area (Å²) >= 11 is 0. The van der Waals surface area contributed by atoms with Crippen LogP contribution in [0, 0.1) is 0 Å². The van der Waals surface area contributed by atoms with Gasteiger partial charge in [0.1, 0.15) is 0 Å². The van der Waals surface area contributed by atoms with Gasteiger partial charge in [-0.05, 0) is 19.3 Å². The van der Waals surface area contributed by atoms with E-state index in [1.54, 1.807) is 6.08 Å². The molecule has 0 spiro atoms. The van der Waals surface area contributed by atoms with Crippen molar-refractivity contribution < 1.29 is 15.0 Å². The lowest BCUT2D eigenvalue weighted by molar-refractivity contribution is -0.131. The number of hydrogen-bond acceptors (Lipinski definition) is 2. The van der Waals surface area contributed by atoms with Crippen LogP contribution in [0.5, 0.6) is 0 Å². The molecule has 0 radical (unpaired) electrons. The lowest BCUT2D eigenvalue weighted by atomic mass is 10.1. The van der Waals surface area contributed by atoms with Gasteiger partial charge >= 0.3 is 5.97 Å². The van der Waals surface area contributed by atoms with Crippen molar-refractivity contribution in [1.82, 2.24) is 0 Å². The average molecular weight is 172 g/mol. The number of carboxylic acid groups (broad SMARTS) is 1. The molecule has 0 fully saturated rings. The summed E-state index contributed by atoms with van der Waals surface area (Å²) in [6.07, 6.45) is 5.43. The van der Waals surface area contributed by atoms with Crippen molar-refractivity contribution >= 4 is 5.97 Å². The molecular weight excluding hydrogens is 156 g/mol. The third-order valence-corrected chi connectivity index (χ3v) is 1.55. The summed E-state index contributed by atoms with van der Waals surface area (Å²) in [4.78, 5) is 10.0. The fourth-order valence-electron chi connectivity index (χ4n) is 0.950. The number of carboxylic acids is 1. The summed E-state index contributed by atoms with van der Waals surface area (Å²) in [6, 6.07) is 0. The maximum atomic E-state index is 10.0. The highest BCUT2D eigenvalue weighted by atomic mass is 16.4. The van der Waals surface area contributed by atoms with Crippen LogP contribution in [0.3, 0.4) is 0 Å². The summed E-state index contributed by atoms with van der Waals surface area (Å²) in [5.74, 6) is -0.931. The second kappa shape index (κ2) is 6.85. The Hall–Kier alpha value is -0.830. The molecule has 70 valence electrons. The summed E-state index contributed by atoms with van der Waals surface area (Å²) < 4.78 is 0. The topological polar surface area (TPSA) is 57.5 Å². The van der Waals surface area contributed by atoms with Gasteiger partial charge in [0.15, 0.2) is 0 Å². The Balaban J connectivity index is 3.36. The number of aliphatic hydroxyl groups excluding tert-OH is 1. The van der Waals surface area contributed by atoms with Crippen molar-refractivity contribution in [3.05, 3.63) is 12.2 Å². The van der Waals surface area contributed by atoms with Gasteiger partial charge in [-0.2, -0.15) is 0 Å². The maximum absolute atomic E-state index is 10.0. The SMILES string of the molecule is CCC[C@H](O)CC/C=C/C(=O)O. The Bertz CT molecular complexity index is 152. The first kappa shape index (κ1) is 11.2. The average Bonchev–Trinajstić information content (AvgIpc) is 1.98. The van der Waals surface area contributed by atoms with Crippen LogP contribution in [0.15, 0.2) is 12.2 Å². The summed E-state index contributed by atoms with van der Waals surface area (Å²) in [5.41, 5.74) is 0. The fourth-order valence-corrected chi connectivity index (χ4v) is 0.950. The van der Waals surface area contributed by atoms with Crippen LogP contribution < -0.4 is 0 Å². The Morgan fingerprint density at radius 3 is 2.67 bits per heavy atom. The quantitative estimate of drug-likeness (QED) is 0.598. The van der Waals surface area contributed by atoms with Crippen molar-refractivity contribution in [1.29, 1.82) is 0 Å². The van der Waals surface area contributed by atoms with Crippen molar-refractivity contribution in [2.24, 2.45) is 0 Å². The van der Waals surface area contributed by atoms with Crippen LogP contribution in [-0.4, -0.2) is 22.3 Å². The molecule has 0 saturated carbocycles. The van der Waals surface area contributed by atoms with Crippen molar-refractivity contribution in [3.8, 4) is 0 Å². The Labute approximate surface area is 72.7 Å². The van der Waals surface area contributed by atoms with Crippen LogP contribution >= 0.6 is 0 Å². The van der Waals surface area contributed by atoms with Gasteiger partial charge < -0.3 is 10.2 Å². The lowest BCUT2D eigenvalue weighted by Crippen LogP contribution is -2.04. The van der Waals surface area contributed by atoms with Gasteiger partial charge in [-0.3, -0.25) is 0 Å². The molecule has 3 nitrogen and oxygen atoms in total. The predicted octanol–water partition coefficient (Wildman–Crippen LogP) is 1.57. The van der Waals surface area contributed by atoms with Gasteiger partial charge in [0.2, 0.25) is 0 Å². The molecule has 0 aliphatic carbocycles. The van der Waals surface area contributed by atoms with Gasteiger partial charge in [-0.15, -0.1) is 0 Å². The van der Waals surface area contributed by atoms with Crippen molar-refractivity contribution in [3.63, 3.8) is 0 Å². The number of rotatable bonds is 6. The third-order valence-electron chi connectivity index (χ3n) is 1.55. The Morgan fingerprint density at radius 2 is 2.17 bits per heavy atom.